The first-order valence-corrected chi connectivity index (χ1v) is 14.0. The fourth-order valence-electron chi connectivity index (χ4n) is 6.11. The molecule has 7 rings (SSSR count). The zero-order chi connectivity index (χ0) is 31.4. The van der Waals surface area contributed by atoms with Gasteiger partial charge in [0.15, 0.2) is 0 Å². The summed E-state index contributed by atoms with van der Waals surface area (Å²) in [6, 6.07) is 21.2. The Labute approximate surface area is 252 Å². The Balaban J connectivity index is 1.28. The number of hydrogen-bond acceptors (Lipinski definition) is 1. The standard InChI is InChI=1S/C35H20F8S/c1-32(36,37)22-8-2-18(3-9-22)20-6-12-24-26-16-31-27(17-30(26)33(38,39)28(24)14-20)25-13-7-21(15-29(25)34(31,40)41)19-4-10-23(11-5-19)35(42,43)44/h2-17,44H,1H3. The van der Waals surface area contributed by atoms with Gasteiger partial charge in [-0.2, -0.15) is 26.3 Å². The molecule has 5 aromatic carbocycles. The third-order valence-corrected chi connectivity index (χ3v) is 8.68. The van der Waals surface area contributed by atoms with Crippen molar-refractivity contribution in [1.82, 2.24) is 0 Å². The van der Waals surface area contributed by atoms with Crippen molar-refractivity contribution in [2.24, 2.45) is 0 Å². The highest BCUT2D eigenvalue weighted by atomic mass is 32.1. The Kier molecular flexibility index (Phi) is 5.99. The van der Waals surface area contributed by atoms with Gasteiger partial charge in [-0.3, -0.25) is 0 Å². The summed E-state index contributed by atoms with van der Waals surface area (Å²) in [7, 11) is 0. The maximum atomic E-state index is 15.9. The maximum absolute atomic E-state index is 15.9. The lowest BCUT2D eigenvalue weighted by molar-refractivity contribution is 0.0174. The Morgan fingerprint density at radius 2 is 0.795 bits per heavy atom. The Morgan fingerprint density at radius 3 is 1.16 bits per heavy atom. The minimum atomic E-state index is -3.51. The number of alkyl halides is 8. The second-order valence-electron chi connectivity index (χ2n) is 11.2. The van der Waals surface area contributed by atoms with Crippen molar-refractivity contribution in [3.05, 3.63) is 130 Å². The Hall–Kier alpha value is -4.11. The number of rotatable bonds is 4. The van der Waals surface area contributed by atoms with Gasteiger partial charge in [0.1, 0.15) is 0 Å². The molecule has 0 N–H and O–H groups in total. The van der Waals surface area contributed by atoms with Crippen LogP contribution in [0.1, 0.15) is 40.3 Å². The first-order chi connectivity index (χ1) is 20.6. The third kappa shape index (κ3) is 4.27. The van der Waals surface area contributed by atoms with E-state index in [1.54, 1.807) is 12.1 Å². The minimum absolute atomic E-state index is 0.00718. The highest BCUT2D eigenvalue weighted by Gasteiger charge is 2.50. The van der Waals surface area contributed by atoms with E-state index in [9.17, 15) is 17.6 Å². The van der Waals surface area contributed by atoms with Crippen molar-refractivity contribution in [1.29, 1.82) is 0 Å². The van der Waals surface area contributed by atoms with E-state index in [1.165, 1.54) is 60.7 Å². The molecule has 0 unspecified atom stereocenters. The molecular formula is C35H20F8S. The van der Waals surface area contributed by atoms with Gasteiger partial charge in [-0.1, -0.05) is 72.8 Å². The molecule has 0 saturated heterocycles. The van der Waals surface area contributed by atoms with Crippen molar-refractivity contribution in [2.45, 2.75) is 29.9 Å². The zero-order valence-electron chi connectivity index (χ0n) is 22.7. The fourth-order valence-corrected chi connectivity index (χ4v) is 6.26. The van der Waals surface area contributed by atoms with Gasteiger partial charge in [-0.15, -0.1) is 12.6 Å². The summed E-state index contributed by atoms with van der Waals surface area (Å²) in [5.41, 5.74) is -0.251. The van der Waals surface area contributed by atoms with Crippen molar-refractivity contribution in [3.63, 3.8) is 0 Å². The predicted octanol–water partition coefficient (Wildman–Crippen LogP) is 11.4. The number of fused-ring (bicyclic) bond motifs is 6. The Morgan fingerprint density at radius 1 is 0.455 bits per heavy atom. The summed E-state index contributed by atoms with van der Waals surface area (Å²) in [6.45, 7) is 0.766. The zero-order valence-corrected chi connectivity index (χ0v) is 23.6. The van der Waals surface area contributed by atoms with Gasteiger partial charge in [0, 0.05) is 40.3 Å². The largest absolute Gasteiger partial charge is 0.316 e. The summed E-state index contributed by atoms with van der Waals surface area (Å²) in [5, 5.41) is -3.35. The number of benzene rings is 5. The van der Waals surface area contributed by atoms with Gasteiger partial charge < -0.3 is 0 Å². The second-order valence-corrected chi connectivity index (χ2v) is 11.8. The van der Waals surface area contributed by atoms with Crippen LogP contribution in [0, 0.1) is 0 Å². The predicted molar refractivity (Wildman–Crippen MR) is 157 cm³/mol. The maximum Gasteiger partial charge on any atom is 0.316 e. The fraction of sp³-hybridized carbons (Fsp3) is 0.143. The van der Waals surface area contributed by atoms with Crippen LogP contribution in [0.25, 0.3) is 44.5 Å². The molecule has 0 heterocycles. The van der Waals surface area contributed by atoms with Crippen LogP contribution in [0.3, 0.4) is 0 Å². The van der Waals surface area contributed by atoms with Crippen LogP contribution in [0.5, 0.6) is 0 Å². The lowest BCUT2D eigenvalue weighted by Crippen LogP contribution is -2.13. The molecule has 0 aliphatic heterocycles. The normalized spacial score (nSPS) is 15.9. The van der Waals surface area contributed by atoms with E-state index in [2.05, 4.69) is 12.6 Å². The molecule has 0 atom stereocenters. The van der Waals surface area contributed by atoms with E-state index in [4.69, 9.17) is 0 Å². The monoisotopic (exact) mass is 624 g/mol. The molecule has 0 aromatic heterocycles. The molecule has 2 aliphatic carbocycles. The summed E-state index contributed by atoms with van der Waals surface area (Å²) >= 11 is 3.25. The molecule has 0 amide bonds. The van der Waals surface area contributed by atoms with E-state index in [1.807, 2.05) is 0 Å². The van der Waals surface area contributed by atoms with Crippen LogP contribution >= 0.6 is 12.6 Å². The topological polar surface area (TPSA) is 0 Å². The van der Waals surface area contributed by atoms with Gasteiger partial charge in [0.05, 0.1) is 0 Å². The molecule has 5 aromatic rings. The summed E-state index contributed by atoms with van der Waals surface area (Å²) in [6.07, 6.45) is 0. The highest BCUT2D eigenvalue weighted by molar-refractivity contribution is 7.81. The SMILES string of the molecule is CC(F)(F)c1ccc(-c2ccc3c(c2)C(F)(F)c2cc4c(cc2-3)C(F)(F)c2cc(-c3ccc(C(F)(F)S)cc3)ccc2-4)cc1. The molecule has 0 spiro atoms. The molecular weight excluding hydrogens is 604 g/mol. The van der Waals surface area contributed by atoms with Crippen LogP contribution in [-0.2, 0) is 23.0 Å². The lowest BCUT2D eigenvalue weighted by Gasteiger charge is -2.16. The van der Waals surface area contributed by atoms with Gasteiger partial charge in [-0.05, 0) is 68.8 Å². The first kappa shape index (κ1) is 28.6. The van der Waals surface area contributed by atoms with E-state index in [-0.39, 0.29) is 44.5 Å². The van der Waals surface area contributed by atoms with Gasteiger partial charge in [-0.25, -0.2) is 8.78 Å². The van der Waals surface area contributed by atoms with Crippen molar-refractivity contribution >= 4 is 12.6 Å². The summed E-state index contributed by atoms with van der Waals surface area (Å²) in [4.78, 5) is 0. The van der Waals surface area contributed by atoms with Crippen LogP contribution in [-0.4, -0.2) is 0 Å². The molecule has 0 fully saturated rings. The molecule has 222 valence electrons. The van der Waals surface area contributed by atoms with Crippen LogP contribution in [0.15, 0.2) is 97.1 Å². The summed E-state index contributed by atoms with van der Waals surface area (Å²) in [5.74, 6) is -10.1. The number of hydrogen-bond donors (Lipinski definition) is 1. The first-order valence-electron chi connectivity index (χ1n) is 13.5. The number of thiol groups is 1. The average molecular weight is 625 g/mol. The van der Waals surface area contributed by atoms with Crippen molar-refractivity contribution < 1.29 is 35.1 Å². The highest BCUT2D eigenvalue weighted by Crippen LogP contribution is 2.58. The molecule has 0 nitrogen and oxygen atoms in total. The molecule has 0 bridgehead atoms. The quantitative estimate of drug-likeness (QED) is 0.149. The van der Waals surface area contributed by atoms with Gasteiger partial charge in [0.25, 0.3) is 17.8 Å². The average Bonchev–Trinajstić information content (AvgIpc) is 3.34. The van der Waals surface area contributed by atoms with Crippen molar-refractivity contribution in [3.8, 4) is 44.5 Å². The molecule has 2 aliphatic rings. The summed E-state index contributed by atoms with van der Waals surface area (Å²) < 4.78 is 118. The molecule has 0 radical (unpaired) electrons. The van der Waals surface area contributed by atoms with Gasteiger partial charge in [0.2, 0.25) is 0 Å². The molecule has 0 saturated carbocycles. The van der Waals surface area contributed by atoms with Crippen LogP contribution in [0.4, 0.5) is 35.1 Å². The minimum Gasteiger partial charge on any atom is -0.202 e. The van der Waals surface area contributed by atoms with E-state index in [0.29, 0.717) is 22.3 Å². The van der Waals surface area contributed by atoms with E-state index >= 15 is 17.6 Å². The third-order valence-electron chi connectivity index (χ3n) is 8.42. The lowest BCUT2D eigenvalue weighted by atomic mass is 9.96. The van der Waals surface area contributed by atoms with E-state index < -0.39 is 34.1 Å². The molecule has 9 heteroatoms. The smallest absolute Gasteiger partial charge is 0.202 e. The van der Waals surface area contributed by atoms with Crippen LogP contribution < -0.4 is 0 Å². The second kappa shape index (κ2) is 9.20. The number of halogens is 8. The van der Waals surface area contributed by atoms with Gasteiger partial charge >= 0.3 is 5.25 Å². The van der Waals surface area contributed by atoms with E-state index in [0.717, 1.165) is 31.2 Å². The Bertz CT molecular complexity index is 1820. The van der Waals surface area contributed by atoms with Crippen LogP contribution in [0.2, 0.25) is 0 Å². The molecule has 44 heavy (non-hydrogen) atoms. The van der Waals surface area contributed by atoms with Crippen molar-refractivity contribution in [2.75, 3.05) is 0 Å².